The zero-order chi connectivity index (χ0) is 32.4. The van der Waals surface area contributed by atoms with E-state index in [-0.39, 0.29) is 38.2 Å². The van der Waals surface area contributed by atoms with E-state index in [1.165, 1.54) is 6.92 Å². The number of hydrogen-bond donors (Lipinski definition) is 3. The van der Waals surface area contributed by atoms with Gasteiger partial charge in [0.25, 0.3) is 5.92 Å². The third kappa shape index (κ3) is 7.48. The Kier molecular flexibility index (Phi) is 10.2. The van der Waals surface area contributed by atoms with Gasteiger partial charge >= 0.3 is 18.1 Å². The van der Waals surface area contributed by atoms with Crippen LogP contribution in [0, 0.1) is 17.8 Å². The maximum absolute atomic E-state index is 15.2. The second-order valence-corrected chi connectivity index (χ2v) is 11.9. The highest BCUT2D eigenvalue weighted by molar-refractivity contribution is 5.94. The van der Waals surface area contributed by atoms with Crippen LogP contribution >= 0.6 is 0 Å². The molecule has 0 aromatic rings. The average Bonchev–Trinajstić information content (AvgIpc) is 3.31. The number of carbonyl (C=O) groups is 5. The Labute approximate surface area is 249 Å². The monoisotopic (exact) mass is 638 g/mol. The first-order valence-electron chi connectivity index (χ1n) is 14.8. The summed E-state index contributed by atoms with van der Waals surface area (Å²) in [5.41, 5.74) is 0. The Morgan fingerprint density at radius 1 is 1.09 bits per heavy atom. The molecule has 0 aromatic heterocycles. The van der Waals surface area contributed by atoms with Crippen LogP contribution in [0.4, 0.5) is 26.3 Å². The first kappa shape index (κ1) is 33.6. The lowest BCUT2D eigenvalue weighted by atomic mass is 9.71. The minimum Gasteiger partial charge on any atom is -0.461 e. The van der Waals surface area contributed by atoms with Crippen LogP contribution in [0.2, 0.25) is 0 Å². The lowest BCUT2D eigenvalue weighted by Crippen LogP contribution is -2.71. The molecule has 10 nitrogen and oxygen atoms in total. The zero-order valence-corrected chi connectivity index (χ0v) is 24.1. The number of nitrogens with zero attached hydrogens (tertiary/aromatic N) is 1. The van der Waals surface area contributed by atoms with Gasteiger partial charge in [-0.2, -0.15) is 17.6 Å². The van der Waals surface area contributed by atoms with Gasteiger partial charge in [-0.3, -0.25) is 19.2 Å². The lowest BCUT2D eigenvalue weighted by Gasteiger charge is -2.54. The van der Waals surface area contributed by atoms with E-state index >= 15 is 8.78 Å². The van der Waals surface area contributed by atoms with Crippen LogP contribution in [-0.2, 0) is 28.7 Å². The first-order chi connectivity index (χ1) is 20.6. The fourth-order valence-corrected chi connectivity index (χ4v) is 6.59. The molecule has 0 aromatic carbocycles. The number of esters is 1. The van der Waals surface area contributed by atoms with Crippen LogP contribution in [-0.4, -0.2) is 83.9 Å². The van der Waals surface area contributed by atoms with E-state index in [1.54, 1.807) is 5.32 Å². The summed E-state index contributed by atoms with van der Waals surface area (Å²) in [5, 5.41) is 6.69. The van der Waals surface area contributed by atoms with E-state index in [2.05, 4.69) is 15.4 Å². The van der Waals surface area contributed by atoms with Crippen molar-refractivity contribution < 1.29 is 55.1 Å². The van der Waals surface area contributed by atoms with Crippen LogP contribution in [0.3, 0.4) is 0 Å². The number of rotatable bonds is 11. The number of piperidine rings is 2. The second-order valence-electron chi connectivity index (χ2n) is 11.9. The Morgan fingerprint density at radius 2 is 1.80 bits per heavy atom. The minimum atomic E-state index is -5.31. The van der Waals surface area contributed by atoms with E-state index in [0.29, 0.717) is 31.9 Å². The normalized spacial score (nSPS) is 28.0. The van der Waals surface area contributed by atoms with Crippen LogP contribution in [0.5, 0.6) is 0 Å². The summed E-state index contributed by atoms with van der Waals surface area (Å²) in [6.45, 7) is 1.58. The predicted molar refractivity (Wildman–Crippen MR) is 140 cm³/mol. The number of fused-ring (bicyclic) bond motifs is 3. The van der Waals surface area contributed by atoms with E-state index in [4.69, 9.17) is 0 Å². The summed E-state index contributed by atoms with van der Waals surface area (Å²) in [7, 11) is 0. The van der Waals surface area contributed by atoms with Crippen molar-refractivity contribution in [3.05, 3.63) is 11.9 Å². The summed E-state index contributed by atoms with van der Waals surface area (Å²) in [4.78, 5) is 64.4. The molecule has 3 N–H and O–H groups in total. The van der Waals surface area contributed by atoms with Crippen molar-refractivity contribution in [3.8, 4) is 0 Å². The van der Waals surface area contributed by atoms with Gasteiger partial charge in [-0.25, -0.2) is 13.6 Å². The highest BCUT2D eigenvalue weighted by Crippen LogP contribution is 2.49. The van der Waals surface area contributed by atoms with Gasteiger partial charge in [0.15, 0.2) is 0 Å². The summed E-state index contributed by atoms with van der Waals surface area (Å²) < 4.78 is 89.1. The number of hydrogen-bond acceptors (Lipinski definition) is 6. The third-order valence-corrected chi connectivity index (χ3v) is 8.96. The van der Waals surface area contributed by atoms with Gasteiger partial charge < -0.3 is 25.6 Å². The Bertz CT molecular complexity index is 1180. The second kappa shape index (κ2) is 13.3. The molecule has 0 spiro atoms. The Morgan fingerprint density at radius 3 is 2.34 bits per heavy atom. The Hall–Kier alpha value is -3.33. The number of ether oxygens (including phenoxy) is 1. The Balaban J connectivity index is 1.64. The van der Waals surface area contributed by atoms with Crippen molar-refractivity contribution in [3.63, 3.8) is 0 Å². The third-order valence-electron chi connectivity index (χ3n) is 8.96. The molecule has 5 aliphatic rings. The van der Waals surface area contributed by atoms with Gasteiger partial charge in [0.1, 0.15) is 12.1 Å². The molecule has 5 fully saturated rings. The van der Waals surface area contributed by atoms with E-state index in [0.717, 1.165) is 11.3 Å². The number of alkyl halides is 5. The van der Waals surface area contributed by atoms with Gasteiger partial charge in [-0.15, -0.1) is 0 Å². The highest BCUT2D eigenvalue weighted by Gasteiger charge is 2.61. The maximum Gasteiger partial charge on any atom is 0.471 e. The SMILES string of the molecule is CCOC(=O)/C(F)=C\[C@@H](C[C@@H]1CCNC1=O)NC(=O)[C@@H]1[C@H]2CC[C@H](CC2(F)F)N1C(=O)[C@H](CC1CCC1)NC(=O)C(F)(F)F. The lowest BCUT2D eigenvalue weighted by molar-refractivity contribution is -0.196. The standard InChI is InChI=1S/C28H36F6N4O6/c1-2-44-25(42)19(29)12-16(11-15-8-9-35-22(15)39)36-23(40)21-18-7-6-17(13-27(18,30)31)38(21)24(41)20(10-14-4-3-5-14)37-26(43)28(32,33)34/h12,14-18,20-21H,2-11,13H2,1H3,(H,35,39)(H,36,40)(H,37,43)/b19-12+/t15-,16+,17+,18+,20-,21-/m0/s1. The van der Waals surface area contributed by atoms with E-state index in [9.17, 15) is 41.5 Å². The quantitative estimate of drug-likeness (QED) is 0.181. The molecule has 3 heterocycles. The molecule has 5 rings (SSSR count). The van der Waals surface area contributed by atoms with Gasteiger partial charge in [0, 0.05) is 24.9 Å². The number of carbonyl (C=O) groups excluding carboxylic acids is 5. The summed E-state index contributed by atoms with van der Waals surface area (Å²) in [5.74, 6) is -13.7. The molecule has 3 saturated heterocycles. The van der Waals surface area contributed by atoms with Crippen LogP contribution < -0.4 is 16.0 Å². The molecule has 2 bridgehead atoms. The molecule has 3 aliphatic heterocycles. The zero-order valence-electron chi connectivity index (χ0n) is 24.1. The van der Waals surface area contributed by atoms with Crippen molar-refractivity contribution in [2.45, 2.75) is 101 Å². The predicted octanol–water partition coefficient (Wildman–Crippen LogP) is 2.67. The number of nitrogens with one attached hydrogen (secondary N) is 3. The molecule has 16 heteroatoms. The summed E-state index contributed by atoms with van der Waals surface area (Å²) in [6.07, 6.45) is -3.60. The topological polar surface area (TPSA) is 134 Å². The van der Waals surface area contributed by atoms with Crippen LogP contribution in [0.1, 0.15) is 64.7 Å². The molecule has 246 valence electrons. The largest absolute Gasteiger partial charge is 0.471 e. The minimum absolute atomic E-state index is 0.0577. The molecule has 6 atom stereocenters. The molecular weight excluding hydrogens is 602 g/mol. The van der Waals surface area contributed by atoms with E-state index in [1.807, 2.05) is 0 Å². The fraction of sp³-hybridized carbons (Fsp3) is 0.750. The molecule has 2 aliphatic carbocycles. The maximum atomic E-state index is 15.2. The van der Waals surface area contributed by atoms with Crippen LogP contribution in [0.15, 0.2) is 11.9 Å². The van der Waals surface area contributed by atoms with Crippen LogP contribution in [0.25, 0.3) is 0 Å². The average molecular weight is 639 g/mol. The fourth-order valence-electron chi connectivity index (χ4n) is 6.59. The van der Waals surface area contributed by atoms with E-state index < -0.39 is 89.9 Å². The van der Waals surface area contributed by atoms with Crippen molar-refractivity contribution in [2.24, 2.45) is 17.8 Å². The summed E-state index contributed by atoms with van der Waals surface area (Å²) in [6, 6.07) is -6.15. The highest BCUT2D eigenvalue weighted by atomic mass is 19.4. The molecule has 0 radical (unpaired) electrons. The molecule has 2 saturated carbocycles. The molecule has 44 heavy (non-hydrogen) atoms. The van der Waals surface area contributed by atoms with Gasteiger partial charge in [-0.1, -0.05) is 19.3 Å². The molecular formula is C28H36F6N4O6. The number of amides is 4. The summed E-state index contributed by atoms with van der Waals surface area (Å²) >= 11 is 0. The smallest absolute Gasteiger partial charge is 0.461 e. The number of halogens is 6. The van der Waals surface area contributed by atoms with Crippen molar-refractivity contribution in [1.29, 1.82) is 0 Å². The van der Waals surface area contributed by atoms with Gasteiger partial charge in [0.2, 0.25) is 23.5 Å². The van der Waals surface area contributed by atoms with Gasteiger partial charge in [0.05, 0.1) is 18.6 Å². The van der Waals surface area contributed by atoms with Crippen molar-refractivity contribution in [1.82, 2.24) is 20.9 Å². The van der Waals surface area contributed by atoms with Crippen molar-refractivity contribution >= 4 is 29.6 Å². The molecule has 0 unspecified atom stereocenters. The van der Waals surface area contributed by atoms with Gasteiger partial charge in [-0.05, 0) is 51.0 Å². The van der Waals surface area contributed by atoms with Crippen molar-refractivity contribution in [2.75, 3.05) is 13.2 Å². The molecule has 4 amide bonds. The first-order valence-corrected chi connectivity index (χ1v) is 14.8.